The van der Waals surface area contributed by atoms with E-state index in [9.17, 15) is 4.79 Å². The van der Waals surface area contributed by atoms with Crippen LogP contribution >= 0.6 is 0 Å². The van der Waals surface area contributed by atoms with Gasteiger partial charge in [-0.15, -0.1) is 10.2 Å². The van der Waals surface area contributed by atoms with Crippen LogP contribution in [0.15, 0.2) is 30.9 Å². The van der Waals surface area contributed by atoms with Crippen LogP contribution in [0.3, 0.4) is 0 Å². The number of carboxylic acid groups (broad SMARTS) is 1. The van der Waals surface area contributed by atoms with Gasteiger partial charge in [0.05, 0.1) is 29.5 Å². The number of hydrogen-bond acceptors (Lipinski definition) is 4. The van der Waals surface area contributed by atoms with Crippen LogP contribution in [-0.2, 0) is 13.6 Å². The summed E-state index contributed by atoms with van der Waals surface area (Å²) in [6.07, 6.45) is 3.31. The highest BCUT2D eigenvalue weighted by atomic mass is 16.4. The second-order valence-electron chi connectivity index (χ2n) is 4.24. The quantitative estimate of drug-likeness (QED) is 0.753. The molecule has 0 spiro atoms. The molecule has 0 saturated heterocycles. The van der Waals surface area contributed by atoms with E-state index in [2.05, 4.69) is 15.2 Å². The van der Waals surface area contributed by atoms with Gasteiger partial charge in [0, 0.05) is 7.05 Å². The lowest BCUT2D eigenvalue weighted by Crippen LogP contribution is -2.04. The zero-order valence-electron chi connectivity index (χ0n) is 10.2. The van der Waals surface area contributed by atoms with E-state index >= 15 is 0 Å². The summed E-state index contributed by atoms with van der Waals surface area (Å²) in [5, 5.41) is 16.8. The predicted octanol–water partition coefficient (Wildman–Crippen LogP) is 0.911. The van der Waals surface area contributed by atoms with Crippen LogP contribution in [0.25, 0.3) is 11.0 Å². The second-order valence-corrected chi connectivity index (χ2v) is 4.24. The predicted molar refractivity (Wildman–Crippen MR) is 66.8 cm³/mol. The molecule has 19 heavy (non-hydrogen) atoms. The minimum Gasteiger partial charge on any atom is -0.478 e. The van der Waals surface area contributed by atoms with Crippen LogP contribution in [0.5, 0.6) is 0 Å². The van der Waals surface area contributed by atoms with Crippen LogP contribution in [0.1, 0.15) is 16.2 Å². The van der Waals surface area contributed by atoms with E-state index in [0.717, 1.165) is 11.3 Å². The number of carboxylic acids is 1. The third-order valence-corrected chi connectivity index (χ3v) is 2.98. The largest absolute Gasteiger partial charge is 0.478 e. The van der Waals surface area contributed by atoms with Crippen molar-refractivity contribution >= 4 is 17.0 Å². The first-order chi connectivity index (χ1) is 9.15. The fourth-order valence-electron chi connectivity index (χ4n) is 1.93. The third kappa shape index (κ3) is 1.95. The van der Waals surface area contributed by atoms with Crippen molar-refractivity contribution in [1.82, 2.24) is 24.3 Å². The summed E-state index contributed by atoms with van der Waals surface area (Å²) in [7, 11) is 1.87. The number of carbonyl (C=O) groups is 1. The van der Waals surface area contributed by atoms with Gasteiger partial charge in [0.25, 0.3) is 0 Å². The maximum atomic E-state index is 10.9. The zero-order chi connectivity index (χ0) is 13.4. The van der Waals surface area contributed by atoms with Gasteiger partial charge in [0.2, 0.25) is 0 Å². The van der Waals surface area contributed by atoms with Gasteiger partial charge >= 0.3 is 5.97 Å². The lowest BCUT2D eigenvalue weighted by atomic mass is 10.2. The summed E-state index contributed by atoms with van der Waals surface area (Å²) in [5.41, 5.74) is 1.76. The molecule has 0 atom stereocenters. The molecule has 1 aromatic carbocycles. The average molecular weight is 257 g/mol. The maximum Gasteiger partial charge on any atom is 0.335 e. The van der Waals surface area contributed by atoms with E-state index in [4.69, 9.17) is 5.11 Å². The molecular weight excluding hydrogens is 246 g/mol. The number of aromatic carboxylic acids is 1. The van der Waals surface area contributed by atoms with Crippen LogP contribution in [0.4, 0.5) is 0 Å². The van der Waals surface area contributed by atoms with Gasteiger partial charge in [-0.05, 0) is 18.2 Å². The van der Waals surface area contributed by atoms with Gasteiger partial charge in [-0.25, -0.2) is 9.78 Å². The number of aryl methyl sites for hydroxylation is 1. The van der Waals surface area contributed by atoms with Crippen molar-refractivity contribution in [1.29, 1.82) is 0 Å². The molecular formula is C12H11N5O2. The van der Waals surface area contributed by atoms with E-state index in [1.165, 1.54) is 0 Å². The number of nitrogens with zero attached hydrogens (tertiary/aromatic N) is 5. The van der Waals surface area contributed by atoms with Gasteiger partial charge < -0.3 is 14.2 Å². The van der Waals surface area contributed by atoms with E-state index < -0.39 is 5.97 Å². The summed E-state index contributed by atoms with van der Waals surface area (Å²) in [4.78, 5) is 15.1. The smallest absolute Gasteiger partial charge is 0.335 e. The topological polar surface area (TPSA) is 85.8 Å². The van der Waals surface area contributed by atoms with E-state index in [1.54, 1.807) is 30.9 Å². The summed E-state index contributed by atoms with van der Waals surface area (Å²) >= 11 is 0. The van der Waals surface area contributed by atoms with Crippen LogP contribution in [0.2, 0.25) is 0 Å². The van der Waals surface area contributed by atoms with Crippen LogP contribution < -0.4 is 0 Å². The molecule has 3 aromatic rings. The Morgan fingerprint density at radius 2 is 2.21 bits per heavy atom. The number of imidazole rings is 1. The third-order valence-electron chi connectivity index (χ3n) is 2.98. The lowest BCUT2D eigenvalue weighted by Gasteiger charge is -2.03. The minimum atomic E-state index is -0.954. The number of hydrogen-bond donors (Lipinski definition) is 1. The summed E-state index contributed by atoms with van der Waals surface area (Å²) in [6.45, 7) is 0.541. The van der Waals surface area contributed by atoms with Gasteiger partial charge in [0.15, 0.2) is 5.82 Å². The Labute approximate surface area is 108 Å². The van der Waals surface area contributed by atoms with Crippen molar-refractivity contribution < 1.29 is 9.90 Å². The maximum absolute atomic E-state index is 10.9. The monoisotopic (exact) mass is 257 g/mol. The molecule has 2 heterocycles. The standard InChI is InChI=1S/C12H11N5O2/c1-16-7-14-15-11(16)5-17-6-13-9-4-8(12(18)19)2-3-10(9)17/h2-4,6-7H,5H2,1H3,(H,18,19). The number of rotatable bonds is 3. The normalized spacial score (nSPS) is 11.0. The SMILES string of the molecule is Cn1cnnc1Cn1cnc2cc(C(=O)O)ccc21. The number of benzene rings is 1. The van der Waals surface area contributed by atoms with E-state index in [1.807, 2.05) is 16.2 Å². The molecule has 3 rings (SSSR count). The van der Waals surface area contributed by atoms with Crippen molar-refractivity contribution in [2.45, 2.75) is 6.54 Å². The number of fused-ring (bicyclic) bond motifs is 1. The fourth-order valence-corrected chi connectivity index (χ4v) is 1.93. The molecule has 1 N–H and O–H groups in total. The Hall–Kier alpha value is -2.70. The Morgan fingerprint density at radius 3 is 2.89 bits per heavy atom. The Morgan fingerprint density at radius 1 is 1.37 bits per heavy atom. The van der Waals surface area contributed by atoms with Gasteiger partial charge in [0.1, 0.15) is 6.33 Å². The Kier molecular flexibility index (Phi) is 2.52. The first-order valence-corrected chi connectivity index (χ1v) is 5.66. The van der Waals surface area contributed by atoms with Crippen molar-refractivity contribution in [2.24, 2.45) is 7.05 Å². The van der Waals surface area contributed by atoms with Gasteiger partial charge in [-0.2, -0.15) is 0 Å². The Bertz CT molecular complexity index is 758. The molecule has 0 fully saturated rings. The summed E-state index contributed by atoms with van der Waals surface area (Å²) in [6, 6.07) is 4.88. The summed E-state index contributed by atoms with van der Waals surface area (Å²) in [5.74, 6) is -0.147. The highest BCUT2D eigenvalue weighted by Gasteiger charge is 2.09. The molecule has 0 bridgehead atoms. The van der Waals surface area contributed by atoms with Crippen LogP contribution in [-0.4, -0.2) is 35.4 Å². The first kappa shape index (κ1) is 11.4. The van der Waals surface area contributed by atoms with Gasteiger partial charge in [-0.1, -0.05) is 0 Å². The van der Waals surface area contributed by atoms with E-state index in [0.29, 0.717) is 12.1 Å². The van der Waals surface area contributed by atoms with Crippen molar-refractivity contribution in [3.63, 3.8) is 0 Å². The molecule has 0 aliphatic rings. The molecule has 7 heteroatoms. The van der Waals surface area contributed by atoms with E-state index in [-0.39, 0.29) is 5.56 Å². The zero-order valence-corrected chi connectivity index (χ0v) is 10.2. The lowest BCUT2D eigenvalue weighted by molar-refractivity contribution is 0.0697. The molecule has 96 valence electrons. The molecule has 0 aliphatic carbocycles. The number of aromatic nitrogens is 5. The van der Waals surface area contributed by atoms with Gasteiger partial charge in [-0.3, -0.25) is 0 Å². The molecule has 0 radical (unpaired) electrons. The first-order valence-electron chi connectivity index (χ1n) is 5.66. The molecule has 2 aromatic heterocycles. The Balaban J connectivity index is 2.02. The fraction of sp³-hybridized carbons (Fsp3) is 0.167. The highest BCUT2D eigenvalue weighted by Crippen LogP contribution is 2.16. The van der Waals surface area contributed by atoms with Crippen molar-refractivity contribution in [3.8, 4) is 0 Å². The molecule has 0 saturated carbocycles. The molecule has 0 amide bonds. The molecule has 0 aliphatic heterocycles. The minimum absolute atomic E-state index is 0.233. The van der Waals surface area contributed by atoms with Crippen molar-refractivity contribution in [3.05, 3.63) is 42.2 Å². The van der Waals surface area contributed by atoms with Crippen LogP contribution in [0, 0.1) is 0 Å². The average Bonchev–Trinajstić information content (AvgIpc) is 2.97. The molecule has 7 nitrogen and oxygen atoms in total. The van der Waals surface area contributed by atoms with Crippen molar-refractivity contribution in [2.75, 3.05) is 0 Å². The molecule has 0 unspecified atom stereocenters. The summed E-state index contributed by atoms with van der Waals surface area (Å²) < 4.78 is 3.74. The second kappa shape index (κ2) is 4.20. The highest BCUT2D eigenvalue weighted by molar-refractivity contribution is 5.92.